The molecule has 1 aromatic carbocycles. The van der Waals surface area contributed by atoms with Crippen molar-refractivity contribution >= 4 is 27.7 Å². The first-order valence-electron chi connectivity index (χ1n) is 6.67. The summed E-state index contributed by atoms with van der Waals surface area (Å²) < 4.78 is 1.11. The molecule has 20 heavy (non-hydrogen) atoms. The van der Waals surface area contributed by atoms with E-state index >= 15 is 0 Å². The van der Waals surface area contributed by atoms with Gasteiger partial charge in [0.1, 0.15) is 5.82 Å². The van der Waals surface area contributed by atoms with Gasteiger partial charge in [0.25, 0.3) is 0 Å². The number of nitrogens with zero attached hydrogens (tertiary/aromatic N) is 2. The molecule has 0 atom stereocenters. The molecule has 1 aliphatic heterocycles. The number of thioether (sulfide) groups is 1. The van der Waals surface area contributed by atoms with Crippen LogP contribution in [0.15, 0.2) is 33.6 Å². The molecule has 0 amide bonds. The molecule has 0 bridgehead atoms. The molecule has 1 aromatic heterocycles. The first-order chi connectivity index (χ1) is 9.72. The van der Waals surface area contributed by atoms with E-state index in [0.717, 1.165) is 41.3 Å². The molecule has 3 rings (SSSR count). The van der Waals surface area contributed by atoms with E-state index < -0.39 is 0 Å². The minimum absolute atomic E-state index is 0.817. The van der Waals surface area contributed by atoms with Crippen LogP contribution in [0.2, 0.25) is 0 Å². The van der Waals surface area contributed by atoms with Crippen LogP contribution in [-0.4, -0.2) is 16.5 Å². The second-order valence-electron chi connectivity index (χ2n) is 4.82. The summed E-state index contributed by atoms with van der Waals surface area (Å²) in [6.07, 6.45) is 1.01. The minimum Gasteiger partial charge on any atom is -0.312 e. The summed E-state index contributed by atoms with van der Waals surface area (Å²) >= 11 is 5.27. The Bertz CT molecular complexity index is 631. The molecule has 5 heteroatoms. The Kier molecular flexibility index (Phi) is 4.38. The molecule has 0 spiro atoms. The van der Waals surface area contributed by atoms with Crippen molar-refractivity contribution in [2.75, 3.05) is 6.54 Å². The predicted molar refractivity (Wildman–Crippen MR) is 85.9 cm³/mol. The third-order valence-corrected chi connectivity index (χ3v) is 4.83. The van der Waals surface area contributed by atoms with Crippen LogP contribution >= 0.6 is 27.7 Å². The van der Waals surface area contributed by atoms with Crippen molar-refractivity contribution in [3.8, 4) is 0 Å². The van der Waals surface area contributed by atoms with Crippen molar-refractivity contribution in [2.45, 2.75) is 30.5 Å². The maximum atomic E-state index is 4.73. The lowest BCUT2D eigenvalue weighted by atomic mass is 10.1. The fourth-order valence-electron chi connectivity index (χ4n) is 2.34. The molecule has 0 unspecified atom stereocenters. The fourth-order valence-corrected chi connectivity index (χ4v) is 3.71. The Labute approximate surface area is 131 Å². The van der Waals surface area contributed by atoms with Crippen molar-refractivity contribution < 1.29 is 0 Å². The Morgan fingerprint density at radius 3 is 3.10 bits per heavy atom. The lowest BCUT2D eigenvalue weighted by Crippen LogP contribution is -2.26. The van der Waals surface area contributed by atoms with Gasteiger partial charge in [-0.15, -0.1) is 11.8 Å². The quantitative estimate of drug-likeness (QED) is 0.860. The summed E-state index contributed by atoms with van der Waals surface area (Å²) in [6.45, 7) is 4.00. The number of hydrogen-bond acceptors (Lipinski definition) is 4. The van der Waals surface area contributed by atoms with Gasteiger partial charge in [-0.05, 0) is 25.1 Å². The molecule has 1 N–H and O–H groups in total. The first-order valence-corrected chi connectivity index (χ1v) is 8.44. The number of nitrogens with one attached hydrogen (secondary N) is 1. The van der Waals surface area contributed by atoms with E-state index in [0.29, 0.717) is 0 Å². The van der Waals surface area contributed by atoms with Crippen molar-refractivity contribution in [3.63, 3.8) is 0 Å². The van der Waals surface area contributed by atoms with E-state index in [9.17, 15) is 0 Å². The third kappa shape index (κ3) is 3.22. The van der Waals surface area contributed by atoms with Crippen molar-refractivity contribution in [3.05, 3.63) is 51.5 Å². The number of halogens is 1. The van der Waals surface area contributed by atoms with Gasteiger partial charge >= 0.3 is 0 Å². The Hall–Kier alpha value is -0.910. The smallest absolute Gasteiger partial charge is 0.139 e. The highest BCUT2D eigenvalue weighted by atomic mass is 79.9. The van der Waals surface area contributed by atoms with Gasteiger partial charge in [0.05, 0.1) is 11.4 Å². The number of benzene rings is 1. The van der Waals surface area contributed by atoms with Crippen molar-refractivity contribution in [1.82, 2.24) is 15.3 Å². The highest BCUT2D eigenvalue weighted by Gasteiger charge is 2.15. The zero-order chi connectivity index (χ0) is 13.9. The number of hydrogen-bond donors (Lipinski definition) is 1. The van der Waals surface area contributed by atoms with Gasteiger partial charge in [0, 0.05) is 40.1 Å². The summed E-state index contributed by atoms with van der Waals surface area (Å²) in [5.74, 6) is 1.76. The van der Waals surface area contributed by atoms with Crippen LogP contribution in [0.25, 0.3) is 0 Å². The minimum atomic E-state index is 0.817. The molecular formula is C15H16BrN3S. The first kappa shape index (κ1) is 14.0. The second kappa shape index (κ2) is 6.24. The number of aryl methyl sites for hydroxylation is 1. The lowest BCUT2D eigenvalue weighted by molar-refractivity contribution is 0.617. The predicted octanol–water partition coefficient (Wildman–Crippen LogP) is 3.49. The van der Waals surface area contributed by atoms with Crippen LogP contribution in [0.4, 0.5) is 0 Å². The van der Waals surface area contributed by atoms with Gasteiger partial charge in [-0.25, -0.2) is 9.97 Å². The molecule has 1 aliphatic rings. The number of fused-ring (bicyclic) bond motifs is 1. The van der Waals surface area contributed by atoms with Gasteiger partial charge in [-0.2, -0.15) is 0 Å². The molecule has 2 heterocycles. The average Bonchev–Trinajstić information content (AvgIpc) is 2.45. The van der Waals surface area contributed by atoms with Crippen molar-refractivity contribution in [2.24, 2.45) is 0 Å². The van der Waals surface area contributed by atoms with Crippen LogP contribution in [-0.2, 0) is 18.7 Å². The van der Waals surface area contributed by atoms with Crippen LogP contribution in [0.1, 0.15) is 22.8 Å². The maximum absolute atomic E-state index is 4.73. The molecule has 104 valence electrons. The topological polar surface area (TPSA) is 37.8 Å². The van der Waals surface area contributed by atoms with Crippen LogP contribution in [0.3, 0.4) is 0 Å². The van der Waals surface area contributed by atoms with Crippen molar-refractivity contribution in [1.29, 1.82) is 0 Å². The normalized spacial score (nSPS) is 14.1. The van der Waals surface area contributed by atoms with E-state index in [1.165, 1.54) is 16.2 Å². The van der Waals surface area contributed by atoms with Gasteiger partial charge in [-0.1, -0.05) is 22.0 Å². The molecule has 3 nitrogen and oxygen atoms in total. The van der Waals surface area contributed by atoms with E-state index in [1.807, 2.05) is 6.07 Å². The summed E-state index contributed by atoms with van der Waals surface area (Å²) in [5.41, 5.74) is 3.63. The lowest BCUT2D eigenvalue weighted by Gasteiger charge is -2.18. The number of rotatable bonds is 3. The fraction of sp³-hybridized carbons (Fsp3) is 0.333. The zero-order valence-corrected chi connectivity index (χ0v) is 13.7. The molecule has 0 saturated carbocycles. The summed E-state index contributed by atoms with van der Waals surface area (Å²) in [7, 11) is 0. The van der Waals surface area contributed by atoms with Crippen LogP contribution in [0, 0.1) is 6.92 Å². The summed E-state index contributed by atoms with van der Waals surface area (Å²) in [6, 6.07) is 8.33. The van der Waals surface area contributed by atoms with Gasteiger partial charge in [-0.3, -0.25) is 0 Å². The Morgan fingerprint density at radius 2 is 2.25 bits per heavy atom. The molecule has 0 fully saturated rings. The van der Waals surface area contributed by atoms with Crippen LogP contribution < -0.4 is 5.32 Å². The zero-order valence-electron chi connectivity index (χ0n) is 11.3. The molecule has 0 radical (unpaired) electrons. The summed E-state index contributed by atoms with van der Waals surface area (Å²) in [4.78, 5) is 10.6. The molecular weight excluding hydrogens is 334 g/mol. The Morgan fingerprint density at radius 1 is 1.35 bits per heavy atom. The van der Waals surface area contributed by atoms with Gasteiger partial charge < -0.3 is 5.32 Å². The van der Waals surface area contributed by atoms with E-state index in [-0.39, 0.29) is 0 Å². The SMILES string of the molecule is Cc1nc(CSc2cccc(Br)c2)nc2c1CNCC2. The highest BCUT2D eigenvalue weighted by Crippen LogP contribution is 2.25. The Balaban J connectivity index is 1.76. The van der Waals surface area contributed by atoms with Crippen LogP contribution in [0.5, 0.6) is 0 Å². The monoisotopic (exact) mass is 349 g/mol. The van der Waals surface area contributed by atoms with Gasteiger partial charge in [0.15, 0.2) is 0 Å². The van der Waals surface area contributed by atoms with E-state index in [4.69, 9.17) is 4.98 Å². The average molecular weight is 350 g/mol. The highest BCUT2D eigenvalue weighted by molar-refractivity contribution is 9.10. The van der Waals surface area contributed by atoms with E-state index in [1.54, 1.807) is 11.8 Å². The molecule has 0 aliphatic carbocycles. The standard InChI is InChI=1S/C15H16BrN3S/c1-10-13-8-17-6-5-14(13)19-15(18-10)9-20-12-4-2-3-11(16)7-12/h2-4,7,17H,5-6,8-9H2,1H3. The summed E-state index contributed by atoms with van der Waals surface area (Å²) in [5, 5.41) is 3.37. The van der Waals surface area contributed by atoms with E-state index in [2.05, 4.69) is 51.4 Å². The third-order valence-electron chi connectivity index (χ3n) is 3.35. The largest absolute Gasteiger partial charge is 0.312 e. The second-order valence-corrected chi connectivity index (χ2v) is 6.79. The number of aromatic nitrogens is 2. The molecule has 0 saturated heterocycles. The van der Waals surface area contributed by atoms with Gasteiger partial charge in [0.2, 0.25) is 0 Å². The molecule has 2 aromatic rings. The maximum Gasteiger partial charge on any atom is 0.139 e.